The highest BCUT2D eigenvalue weighted by Crippen LogP contribution is 2.44. The first kappa shape index (κ1) is 9.69. The van der Waals surface area contributed by atoms with E-state index in [1.807, 2.05) is 0 Å². The maximum absolute atomic E-state index is 10.7. The summed E-state index contributed by atoms with van der Waals surface area (Å²) >= 11 is 0. The Kier molecular flexibility index (Phi) is 3.64. The Morgan fingerprint density at radius 2 is 2.20 bits per heavy atom. The quantitative estimate of drug-likeness (QED) is 0.509. The second-order valence-corrected chi connectivity index (χ2v) is 3.25. The lowest BCUT2D eigenvalue weighted by Crippen LogP contribution is -2.00. The Morgan fingerprint density at radius 3 is 2.50 bits per heavy atom. The van der Waals surface area contributed by atoms with Crippen molar-refractivity contribution in [3.05, 3.63) is 12.8 Å². The summed E-state index contributed by atoms with van der Waals surface area (Å²) in [5, 5.41) is 0. The Bertz CT molecular complexity index is 154. The average Bonchev–Trinajstić information content (AvgIpc) is 1.59. The van der Waals surface area contributed by atoms with Crippen molar-refractivity contribution >= 4 is 7.82 Å². The van der Waals surface area contributed by atoms with Gasteiger partial charge in [-0.05, 0) is 13.8 Å². The molecule has 0 bridgehead atoms. The van der Waals surface area contributed by atoms with Crippen molar-refractivity contribution in [1.29, 1.82) is 0 Å². The van der Waals surface area contributed by atoms with Crippen molar-refractivity contribution in [2.45, 2.75) is 20.0 Å². The van der Waals surface area contributed by atoms with Crippen LogP contribution in [0.25, 0.3) is 0 Å². The van der Waals surface area contributed by atoms with Gasteiger partial charge in [-0.2, -0.15) is 0 Å². The molecule has 0 amide bonds. The number of hydrogen-bond donors (Lipinski definition) is 1. The summed E-state index contributed by atoms with van der Waals surface area (Å²) in [5.41, 5.74) is 0. The van der Waals surface area contributed by atoms with Crippen molar-refractivity contribution in [3.8, 4) is 0 Å². The van der Waals surface area contributed by atoms with Crippen LogP contribution in [0.4, 0.5) is 0 Å². The summed E-state index contributed by atoms with van der Waals surface area (Å²) in [6, 6.07) is 0. The third-order valence-electron chi connectivity index (χ3n) is 0.552. The van der Waals surface area contributed by atoms with Crippen molar-refractivity contribution in [3.63, 3.8) is 0 Å². The molecule has 10 heavy (non-hydrogen) atoms. The zero-order valence-electron chi connectivity index (χ0n) is 5.98. The first-order valence-corrected chi connectivity index (χ1v) is 4.28. The lowest BCUT2D eigenvalue weighted by atomic mass is 10.5. The smallest absolute Gasteiger partial charge is 0.413 e. The monoisotopic (exact) mass is 166 g/mol. The van der Waals surface area contributed by atoms with E-state index in [9.17, 15) is 4.57 Å². The van der Waals surface area contributed by atoms with E-state index in [2.05, 4.69) is 15.6 Å². The molecule has 0 aromatic heterocycles. The SMILES string of the molecule is C=COP(=O)(O)OC(C)C. The van der Waals surface area contributed by atoms with Gasteiger partial charge in [-0.1, -0.05) is 6.58 Å². The van der Waals surface area contributed by atoms with E-state index < -0.39 is 7.82 Å². The normalized spacial score (nSPS) is 16.4. The third kappa shape index (κ3) is 4.56. The summed E-state index contributed by atoms with van der Waals surface area (Å²) < 4.78 is 19.4. The average molecular weight is 166 g/mol. The van der Waals surface area contributed by atoms with Crippen molar-refractivity contribution < 1.29 is 18.5 Å². The standard InChI is InChI=1S/C5H11O4P/c1-4-8-10(6,7)9-5(2)3/h4-5H,1H2,2-3H3,(H,6,7). The van der Waals surface area contributed by atoms with Crippen LogP contribution >= 0.6 is 7.82 Å². The van der Waals surface area contributed by atoms with Gasteiger partial charge in [0, 0.05) is 0 Å². The van der Waals surface area contributed by atoms with Crippen LogP contribution in [-0.2, 0) is 13.6 Å². The summed E-state index contributed by atoms with van der Waals surface area (Å²) in [7, 11) is -3.87. The zero-order valence-corrected chi connectivity index (χ0v) is 6.88. The fraction of sp³-hybridized carbons (Fsp3) is 0.600. The predicted molar refractivity (Wildman–Crippen MR) is 37.3 cm³/mol. The van der Waals surface area contributed by atoms with E-state index in [-0.39, 0.29) is 6.10 Å². The highest BCUT2D eigenvalue weighted by molar-refractivity contribution is 7.47. The van der Waals surface area contributed by atoms with Crippen LogP contribution in [0.15, 0.2) is 12.8 Å². The van der Waals surface area contributed by atoms with Crippen LogP contribution in [0.1, 0.15) is 13.8 Å². The fourth-order valence-electron chi connectivity index (χ4n) is 0.385. The fourth-order valence-corrected chi connectivity index (χ4v) is 1.16. The summed E-state index contributed by atoms with van der Waals surface area (Å²) in [6.45, 7) is 6.39. The molecule has 60 valence electrons. The first-order valence-electron chi connectivity index (χ1n) is 2.78. The minimum Gasteiger partial charge on any atom is -0.413 e. The van der Waals surface area contributed by atoms with E-state index in [4.69, 9.17) is 4.89 Å². The maximum Gasteiger partial charge on any atom is 0.527 e. The van der Waals surface area contributed by atoms with Gasteiger partial charge < -0.3 is 4.52 Å². The van der Waals surface area contributed by atoms with E-state index in [1.54, 1.807) is 13.8 Å². The summed E-state index contributed by atoms with van der Waals surface area (Å²) in [6.07, 6.45) is 0.541. The van der Waals surface area contributed by atoms with Gasteiger partial charge in [0.25, 0.3) is 0 Å². The molecule has 0 spiro atoms. The molecule has 0 heterocycles. The van der Waals surface area contributed by atoms with Crippen LogP contribution in [0.5, 0.6) is 0 Å². The third-order valence-corrected chi connectivity index (χ3v) is 1.66. The maximum atomic E-state index is 10.7. The lowest BCUT2D eigenvalue weighted by Gasteiger charge is -2.11. The van der Waals surface area contributed by atoms with E-state index in [0.717, 1.165) is 6.26 Å². The minimum atomic E-state index is -3.87. The highest BCUT2D eigenvalue weighted by Gasteiger charge is 2.21. The molecule has 5 heteroatoms. The van der Waals surface area contributed by atoms with Crippen LogP contribution in [0.2, 0.25) is 0 Å². The van der Waals surface area contributed by atoms with Crippen LogP contribution in [0, 0.1) is 0 Å². The Hall–Kier alpha value is -0.310. The molecule has 1 unspecified atom stereocenters. The van der Waals surface area contributed by atoms with Crippen molar-refractivity contribution in [2.24, 2.45) is 0 Å². The molecule has 1 N–H and O–H groups in total. The van der Waals surface area contributed by atoms with Gasteiger partial charge in [0.2, 0.25) is 0 Å². The molecule has 0 saturated heterocycles. The van der Waals surface area contributed by atoms with Gasteiger partial charge in [-0.3, -0.25) is 9.42 Å². The summed E-state index contributed by atoms with van der Waals surface area (Å²) in [4.78, 5) is 8.72. The Morgan fingerprint density at radius 1 is 1.70 bits per heavy atom. The first-order chi connectivity index (χ1) is 4.48. The lowest BCUT2D eigenvalue weighted by molar-refractivity contribution is 0.150. The topological polar surface area (TPSA) is 55.8 Å². The van der Waals surface area contributed by atoms with E-state index in [1.165, 1.54) is 0 Å². The highest BCUT2D eigenvalue weighted by atomic mass is 31.2. The Balaban J connectivity index is 3.87. The molecule has 0 aromatic carbocycles. The van der Waals surface area contributed by atoms with Crippen molar-refractivity contribution in [2.75, 3.05) is 0 Å². The molecular formula is C5H11O4P. The summed E-state index contributed by atoms with van der Waals surface area (Å²) in [5.74, 6) is 0. The molecule has 0 aliphatic rings. The zero-order chi connectivity index (χ0) is 8.20. The number of hydrogen-bond acceptors (Lipinski definition) is 3. The molecule has 0 aromatic rings. The van der Waals surface area contributed by atoms with Gasteiger partial charge in [0.05, 0.1) is 12.4 Å². The van der Waals surface area contributed by atoms with Crippen LogP contribution in [0.3, 0.4) is 0 Å². The Labute approximate surface area is 60.1 Å². The van der Waals surface area contributed by atoms with Crippen LogP contribution < -0.4 is 0 Å². The van der Waals surface area contributed by atoms with E-state index in [0.29, 0.717) is 0 Å². The van der Waals surface area contributed by atoms with Gasteiger partial charge in [0.15, 0.2) is 0 Å². The van der Waals surface area contributed by atoms with Gasteiger partial charge in [0.1, 0.15) is 0 Å². The molecular weight excluding hydrogens is 155 g/mol. The second kappa shape index (κ2) is 3.76. The molecule has 4 nitrogen and oxygen atoms in total. The molecule has 0 saturated carbocycles. The largest absolute Gasteiger partial charge is 0.527 e. The van der Waals surface area contributed by atoms with Crippen molar-refractivity contribution in [1.82, 2.24) is 0 Å². The van der Waals surface area contributed by atoms with Gasteiger partial charge >= 0.3 is 7.82 Å². The number of rotatable bonds is 4. The van der Waals surface area contributed by atoms with E-state index >= 15 is 0 Å². The second-order valence-electron chi connectivity index (χ2n) is 1.89. The minimum absolute atomic E-state index is 0.337. The van der Waals surface area contributed by atoms with Crippen LogP contribution in [-0.4, -0.2) is 11.0 Å². The number of phosphoric acid groups is 1. The van der Waals surface area contributed by atoms with Gasteiger partial charge in [-0.15, -0.1) is 0 Å². The number of phosphoric ester groups is 1. The van der Waals surface area contributed by atoms with Gasteiger partial charge in [-0.25, -0.2) is 4.57 Å². The predicted octanol–water partition coefficient (Wildman–Crippen LogP) is 1.67. The molecule has 0 radical (unpaired) electrons. The molecule has 0 fully saturated rings. The molecule has 0 rings (SSSR count). The molecule has 0 aliphatic heterocycles. The molecule has 1 atom stereocenters. The molecule has 0 aliphatic carbocycles.